The molecule has 2 heterocycles. The van der Waals surface area contributed by atoms with Gasteiger partial charge in [0.15, 0.2) is 0 Å². The zero-order valence-electron chi connectivity index (χ0n) is 10.7. The number of carbonyl (C=O) groups is 1. The molecule has 3 rings (SSSR count). The first-order valence-electron chi connectivity index (χ1n) is 7.01. The smallest absolute Gasteiger partial charge is 0.239 e. The fourth-order valence-electron chi connectivity index (χ4n) is 3.73. The minimum atomic E-state index is 0.100. The number of carbonyl (C=O) groups excluding carboxylic acids is 1. The molecule has 0 spiro atoms. The van der Waals surface area contributed by atoms with Crippen molar-refractivity contribution in [3.63, 3.8) is 0 Å². The number of nitrogens with one attached hydrogen (secondary N) is 1. The third-order valence-electron chi connectivity index (χ3n) is 4.74. The molecule has 3 atom stereocenters. The van der Waals surface area contributed by atoms with E-state index >= 15 is 0 Å². The molecule has 1 amide bonds. The van der Waals surface area contributed by atoms with Crippen LogP contribution in [-0.4, -0.2) is 60.5 Å². The van der Waals surface area contributed by atoms with E-state index in [9.17, 15) is 4.79 Å². The second kappa shape index (κ2) is 4.58. The van der Waals surface area contributed by atoms with E-state index in [1.807, 2.05) is 4.90 Å². The van der Waals surface area contributed by atoms with Crippen molar-refractivity contribution in [2.24, 2.45) is 5.92 Å². The average molecular weight is 237 g/mol. The van der Waals surface area contributed by atoms with Gasteiger partial charge < -0.3 is 10.2 Å². The highest BCUT2D eigenvalue weighted by atomic mass is 16.2. The molecule has 0 radical (unpaired) electrons. The maximum absolute atomic E-state index is 12.4. The Labute approximate surface area is 103 Å². The van der Waals surface area contributed by atoms with Crippen molar-refractivity contribution in [1.29, 1.82) is 0 Å². The molecule has 0 aromatic rings. The second-order valence-corrected chi connectivity index (χ2v) is 5.78. The zero-order valence-corrected chi connectivity index (χ0v) is 10.7. The van der Waals surface area contributed by atoms with Crippen molar-refractivity contribution in [3.8, 4) is 0 Å². The Morgan fingerprint density at radius 3 is 2.65 bits per heavy atom. The molecular formula is C13H23N3O. The molecule has 0 aromatic heterocycles. The first-order chi connectivity index (χ1) is 8.25. The van der Waals surface area contributed by atoms with Crippen LogP contribution >= 0.6 is 0 Å². The molecule has 2 saturated heterocycles. The number of amides is 1. The maximum atomic E-state index is 12.4. The van der Waals surface area contributed by atoms with Crippen LogP contribution in [-0.2, 0) is 4.79 Å². The van der Waals surface area contributed by atoms with Crippen molar-refractivity contribution in [2.45, 2.75) is 38.3 Å². The number of likely N-dealkylation sites (tertiary alicyclic amines) is 1. The summed E-state index contributed by atoms with van der Waals surface area (Å²) in [5.41, 5.74) is 0. The summed E-state index contributed by atoms with van der Waals surface area (Å²) in [5.74, 6) is 1.22. The SMILES string of the molecule is CC(C(=O)N1CCNCC1)N1CC2CCC1C2. The second-order valence-electron chi connectivity index (χ2n) is 5.78. The molecule has 0 aromatic carbocycles. The average Bonchev–Trinajstić information content (AvgIpc) is 3.00. The fourth-order valence-corrected chi connectivity index (χ4v) is 3.73. The number of hydrogen-bond donors (Lipinski definition) is 1. The van der Waals surface area contributed by atoms with Gasteiger partial charge in [-0.3, -0.25) is 9.69 Å². The van der Waals surface area contributed by atoms with Gasteiger partial charge in [-0.15, -0.1) is 0 Å². The molecule has 2 aliphatic heterocycles. The van der Waals surface area contributed by atoms with Gasteiger partial charge in [0.25, 0.3) is 0 Å². The monoisotopic (exact) mass is 237 g/mol. The zero-order chi connectivity index (χ0) is 11.8. The van der Waals surface area contributed by atoms with Crippen LogP contribution < -0.4 is 5.32 Å². The summed E-state index contributed by atoms with van der Waals surface area (Å²) in [6, 6.07) is 0.797. The Hall–Kier alpha value is -0.610. The van der Waals surface area contributed by atoms with Gasteiger partial charge in [-0.2, -0.15) is 0 Å². The summed E-state index contributed by atoms with van der Waals surface area (Å²) in [6.07, 6.45) is 4.03. The first kappa shape index (κ1) is 11.5. The Morgan fingerprint density at radius 1 is 1.29 bits per heavy atom. The van der Waals surface area contributed by atoms with Crippen LogP contribution in [0.4, 0.5) is 0 Å². The molecule has 4 heteroatoms. The van der Waals surface area contributed by atoms with E-state index in [4.69, 9.17) is 0 Å². The lowest BCUT2D eigenvalue weighted by Crippen LogP contribution is -2.54. The van der Waals surface area contributed by atoms with Gasteiger partial charge in [-0.25, -0.2) is 0 Å². The van der Waals surface area contributed by atoms with E-state index in [-0.39, 0.29) is 6.04 Å². The lowest BCUT2D eigenvalue weighted by Gasteiger charge is -2.36. The molecule has 4 nitrogen and oxygen atoms in total. The van der Waals surface area contributed by atoms with Gasteiger partial charge in [-0.05, 0) is 32.1 Å². The van der Waals surface area contributed by atoms with Gasteiger partial charge >= 0.3 is 0 Å². The number of piperazine rings is 1. The fraction of sp³-hybridized carbons (Fsp3) is 0.923. The Morgan fingerprint density at radius 2 is 2.06 bits per heavy atom. The van der Waals surface area contributed by atoms with Gasteiger partial charge in [0.1, 0.15) is 0 Å². The van der Waals surface area contributed by atoms with Crippen molar-refractivity contribution in [2.75, 3.05) is 32.7 Å². The molecule has 3 unspecified atom stereocenters. The molecule has 3 fully saturated rings. The molecule has 1 N–H and O–H groups in total. The summed E-state index contributed by atoms with van der Waals surface area (Å²) < 4.78 is 0. The normalized spacial score (nSPS) is 35.2. The lowest BCUT2D eigenvalue weighted by molar-refractivity contribution is -0.137. The Balaban J connectivity index is 1.61. The molecule has 1 saturated carbocycles. The highest BCUT2D eigenvalue weighted by molar-refractivity contribution is 5.81. The predicted molar refractivity (Wildman–Crippen MR) is 66.7 cm³/mol. The summed E-state index contributed by atoms with van der Waals surface area (Å²) >= 11 is 0. The third-order valence-corrected chi connectivity index (χ3v) is 4.74. The molecule has 96 valence electrons. The topological polar surface area (TPSA) is 35.6 Å². The number of piperidine rings is 1. The van der Waals surface area contributed by atoms with E-state index in [0.29, 0.717) is 11.9 Å². The number of nitrogens with zero attached hydrogens (tertiary/aromatic N) is 2. The van der Waals surface area contributed by atoms with Crippen LogP contribution in [0.5, 0.6) is 0 Å². The summed E-state index contributed by atoms with van der Waals surface area (Å²) in [6.45, 7) is 6.92. The van der Waals surface area contributed by atoms with E-state index in [1.165, 1.54) is 19.3 Å². The van der Waals surface area contributed by atoms with Gasteiger partial charge in [0, 0.05) is 38.8 Å². The maximum Gasteiger partial charge on any atom is 0.239 e. The Kier molecular flexibility index (Phi) is 3.09. The van der Waals surface area contributed by atoms with Crippen molar-refractivity contribution >= 4 is 5.91 Å². The minimum absolute atomic E-state index is 0.100. The summed E-state index contributed by atoms with van der Waals surface area (Å²) in [4.78, 5) is 16.9. The standard InChI is InChI=1S/C13H23N3O/c1-10(13(17)15-6-4-14-5-7-15)16-9-11-2-3-12(16)8-11/h10-12,14H,2-9H2,1H3. The van der Waals surface area contributed by atoms with Crippen LogP contribution in [0.2, 0.25) is 0 Å². The van der Waals surface area contributed by atoms with E-state index in [0.717, 1.165) is 38.6 Å². The molecular weight excluding hydrogens is 214 g/mol. The highest BCUT2D eigenvalue weighted by Gasteiger charge is 2.42. The first-order valence-corrected chi connectivity index (χ1v) is 7.01. The van der Waals surface area contributed by atoms with Crippen LogP contribution in [0, 0.1) is 5.92 Å². The van der Waals surface area contributed by atoms with Gasteiger partial charge in [0.05, 0.1) is 6.04 Å². The molecule has 1 aliphatic carbocycles. The lowest BCUT2D eigenvalue weighted by atomic mass is 10.1. The van der Waals surface area contributed by atoms with Gasteiger partial charge in [0.2, 0.25) is 5.91 Å². The van der Waals surface area contributed by atoms with Gasteiger partial charge in [-0.1, -0.05) is 0 Å². The van der Waals surface area contributed by atoms with Crippen molar-refractivity contribution < 1.29 is 4.79 Å². The molecule has 3 aliphatic rings. The number of hydrogen-bond acceptors (Lipinski definition) is 3. The third kappa shape index (κ3) is 2.08. The summed E-state index contributed by atoms with van der Waals surface area (Å²) in [5, 5.41) is 3.30. The van der Waals surface area contributed by atoms with Crippen LogP contribution in [0.3, 0.4) is 0 Å². The minimum Gasteiger partial charge on any atom is -0.339 e. The van der Waals surface area contributed by atoms with E-state index in [1.54, 1.807) is 0 Å². The largest absolute Gasteiger partial charge is 0.339 e. The highest BCUT2D eigenvalue weighted by Crippen LogP contribution is 2.38. The predicted octanol–water partition coefficient (Wildman–Crippen LogP) is 0.291. The van der Waals surface area contributed by atoms with Crippen molar-refractivity contribution in [3.05, 3.63) is 0 Å². The number of fused-ring (bicyclic) bond motifs is 2. The number of rotatable bonds is 2. The quantitative estimate of drug-likeness (QED) is 0.750. The van der Waals surface area contributed by atoms with Crippen molar-refractivity contribution in [1.82, 2.24) is 15.1 Å². The van der Waals surface area contributed by atoms with Crippen LogP contribution in [0.1, 0.15) is 26.2 Å². The van der Waals surface area contributed by atoms with E-state index in [2.05, 4.69) is 17.1 Å². The Bertz CT molecular complexity index is 301. The molecule has 17 heavy (non-hydrogen) atoms. The summed E-state index contributed by atoms with van der Waals surface area (Å²) in [7, 11) is 0. The van der Waals surface area contributed by atoms with E-state index < -0.39 is 0 Å². The molecule has 2 bridgehead atoms. The van der Waals surface area contributed by atoms with Crippen LogP contribution in [0.25, 0.3) is 0 Å². The van der Waals surface area contributed by atoms with Crippen LogP contribution in [0.15, 0.2) is 0 Å².